The maximum absolute atomic E-state index is 13.1. The predicted octanol–water partition coefficient (Wildman–Crippen LogP) is 4.60. The number of H-pyrrole nitrogens is 1. The van der Waals surface area contributed by atoms with Crippen molar-refractivity contribution >= 4 is 9.84 Å². The number of likely N-dealkylation sites (tertiary alicyclic amines) is 1. The third kappa shape index (κ3) is 6.49. The topological polar surface area (TPSA) is 104 Å². The number of nitrogens with zero attached hydrogens (tertiary/aromatic N) is 4. The number of benzene rings is 1. The van der Waals surface area contributed by atoms with E-state index < -0.39 is 40.3 Å². The van der Waals surface area contributed by atoms with Crippen molar-refractivity contribution in [3.05, 3.63) is 41.6 Å². The number of alkyl halides is 6. The van der Waals surface area contributed by atoms with Crippen LogP contribution in [0.1, 0.15) is 30.5 Å². The van der Waals surface area contributed by atoms with Gasteiger partial charge in [0.15, 0.2) is 21.3 Å². The van der Waals surface area contributed by atoms with Crippen LogP contribution in [0.5, 0.6) is 5.88 Å². The molecule has 1 aliphatic rings. The Morgan fingerprint density at radius 2 is 1.71 bits per heavy atom. The number of nitrogens with one attached hydrogen (secondary N) is 1. The van der Waals surface area contributed by atoms with Gasteiger partial charge in [-0.2, -0.15) is 41.2 Å². The first-order valence-corrected chi connectivity index (χ1v) is 13.5. The minimum Gasteiger partial charge on any atom is -0.493 e. The number of hydrogen-bond donors (Lipinski definition) is 2. The Labute approximate surface area is 214 Å². The fourth-order valence-electron chi connectivity index (χ4n) is 4.53. The quantitative estimate of drug-likeness (QED) is 0.406. The number of halogens is 6. The molecular weight excluding hydrogens is 540 g/mol. The Kier molecular flexibility index (Phi) is 7.54. The molecule has 2 N–H and O–H groups in total. The van der Waals surface area contributed by atoms with Gasteiger partial charge in [-0.3, -0.25) is 10.00 Å². The molecule has 0 atom stereocenters. The molecule has 3 heterocycles. The van der Waals surface area contributed by atoms with Gasteiger partial charge in [-0.25, -0.2) is 8.42 Å². The van der Waals surface area contributed by atoms with E-state index in [0.29, 0.717) is 36.5 Å². The van der Waals surface area contributed by atoms with Crippen LogP contribution in [0.3, 0.4) is 0 Å². The van der Waals surface area contributed by atoms with E-state index in [-0.39, 0.29) is 41.8 Å². The van der Waals surface area contributed by atoms with Crippen LogP contribution in [0.2, 0.25) is 0 Å². The largest absolute Gasteiger partial charge is 0.493 e. The summed E-state index contributed by atoms with van der Waals surface area (Å²) in [7, 11) is -3.48. The molecule has 15 heteroatoms. The van der Waals surface area contributed by atoms with Gasteiger partial charge in [0.2, 0.25) is 5.88 Å². The monoisotopic (exact) mass is 565 g/mol. The number of aromatic hydroxyl groups is 1. The van der Waals surface area contributed by atoms with Crippen LogP contribution in [0, 0.1) is 5.92 Å². The van der Waals surface area contributed by atoms with Gasteiger partial charge < -0.3 is 5.11 Å². The molecule has 0 saturated carbocycles. The normalized spacial score (nSPS) is 16.3. The maximum Gasteiger partial charge on any atom is 0.435 e. The SMILES string of the molecule is CS(=O)(=O)c1ccc(-c2nn(-c3cc(C(F)(F)F)n[nH]3)c(O)c2CCC2CCN(CC(F)(F)F)CC2)cc1. The van der Waals surface area contributed by atoms with Gasteiger partial charge in [0.25, 0.3) is 0 Å². The second-order valence-corrected chi connectivity index (χ2v) is 11.4. The summed E-state index contributed by atoms with van der Waals surface area (Å²) >= 11 is 0. The lowest BCUT2D eigenvalue weighted by Gasteiger charge is -2.32. The molecule has 3 aromatic rings. The molecule has 0 unspecified atom stereocenters. The molecule has 1 aliphatic heterocycles. The van der Waals surface area contributed by atoms with Crippen LogP contribution >= 0.6 is 0 Å². The molecule has 0 spiro atoms. The van der Waals surface area contributed by atoms with E-state index in [4.69, 9.17) is 0 Å². The first kappa shape index (κ1) is 28.0. The maximum atomic E-state index is 13.1. The van der Waals surface area contributed by atoms with E-state index >= 15 is 0 Å². The van der Waals surface area contributed by atoms with Gasteiger partial charge in [-0.15, -0.1) is 0 Å². The highest BCUT2D eigenvalue weighted by atomic mass is 32.2. The van der Waals surface area contributed by atoms with Crippen molar-refractivity contribution in [2.45, 2.75) is 42.9 Å². The third-order valence-electron chi connectivity index (χ3n) is 6.51. The van der Waals surface area contributed by atoms with Crippen LogP contribution in [0.4, 0.5) is 26.3 Å². The van der Waals surface area contributed by atoms with E-state index in [1.807, 2.05) is 0 Å². The summed E-state index contributed by atoms with van der Waals surface area (Å²) < 4.78 is 102. The lowest BCUT2D eigenvalue weighted by Crippen LogP contribution is -2.40. The highest BCUT2D eigenvalue weighted by Crippen LogP contribution is 2.36. The summed E-state index contributed by atoms with van der Waals surface area (Å²) in [5, 5.41) is 20.7. The lowest BCUT2D eigenvalue weighted by molar-refractivity contribution is -0.148. The van der Waals surface area contributed by atoms with Crippen molar-refractivity contribution < 1.29 is 39.9 Å². The fourth-order valence-corrected chi connectivity index (χ4v) is 5.16. The Balaban J connectivity index is 1.61. The van der Waals surface area contributed by atoms with Crippen molar-refractivity contribution in [2.24, 2.45) is 5.92 Å². The van der Waals surface area contributed by atoms with Gasteiger partial charge in [-0.05, 0) is 56.8 Å². The molecule has 208 valence electrons. The summed E-state index contributed by atoms with van der Waals surface area (Å²) in [6, 6.07) is 6.38. The van der Waals surface area contributed by atoms with Crippen LogP contribution in [-0.2, 0) is 22.4 Å². The van der Waals surface area contributed by atoms with Gasteiger partial charge >= 0.3 is 12.4 Å². The average molecular weight is 566 g/mol. The minimum absolute atomic E-state index is 0.0560. The van der Waals surface area contributed by atoms with Gasteiger partial charge in [0.05, 0.1) is 17.1 Å². The highest BCUT2D eigenvalue weighted by molar-refractivity contribution is 7.90. The standard InChI is InChI=1S/C23H25F6N5O3S/c1-38(36,37)16-5-3-15(4-6-16)20-17(7-2-14-8-10-33(11-9-14)13-22(24,25)26)21(35)34(32-20)19-12-18(30-31-19)23(27,28)29/h3-6,12,14,35H,2,7-11,13H2,1H3,(H,30,31). The summed E-state index contributed by atoms with van der Waals surface area (Å²) in [4.78, 5) is 1.40. The summed E-state index contributed by atoms with van der Waals surface area (Å²) in [6.07, 6.45) is -6.13. The van der Waals surface area contributed by atoms with E-state index in [2.05, 4.69) is 15.3 Å². The van der Waals surface area contributed by atoms with Crippen molar-refractivity contribution in [1.82, 2.24) is 24.9 Å². The third-order valence-corrected chi connectivity index (χ3v) is 7.64. The molecule has 4 rings (SSSR count). The average Bonchev–Trinajstić information content (AvgIpc) is 3.42. The zero-order valence-electron chi connectivity index (χ0n) is 20.1. The second-order valence-electron chi connectivity index (χ2n) is 9.37. The molecule has 2 aromatic heterocycles. The minimum atomic E-state index is -4.72. The zero-order valence-corrected chi connectivity index (χ0v) is 21.0. The first-order chi connectivity index (χ1) is 17.6. The number of hydrogen-bond acceptors (Lipinski definition) is 6. The van der Waals surface area contributed by atoms with Crippen LogP contribution in [0.15, 0.2) is 35.2 Å². The van der Waals surface area contributed by atoms with Gasteiger partial charge in [0, 0.05) is 23.4 Å². The predicted molar refractivity (Wildman–Crippen MR) is 124 cm³/mol. The van der Waals surface area contributed by atoms with E-state index in [1.54, 1.807) is 0 Å². The molecular formula is C23H25F6N5O3S. The van der Waals surface area contributed by atoms with Gasteiger partial charge in [0.1, 0.15) is 0 Å². The van der Waals surface area contributed by atoms with Crippen molar-refractivity contribution in [3.8, 4) is 23.0 Å². The molecule has 1 aromatic carbocycles. The Morgan fingerprint density at radius 3 is 2.24 bits per heavy atom. The Bertz CT molecular complexity index is 1370. The van der Waals surface area contributed by atoms with Crippen molar-refractivity contribution in [3.63, 3.8) is 0 Å². The van der Waals surface area contributed by atoms with E-state index in [9.17, 15) is 39.9 Å². The summed E-state index contributed by atoms with van der Waals surface area (Å²) in [6.45, 7) is -0.405. The number of aromatic amines is 1. The van der Waals surface area contributed by atoms with Gasteiger partial charge in [-0.1, -0.05) is 12.1 Å². The Hall–Kier alpha value is -3.07. The molecule has 38 heavy (non-hydrogen) atoms. The molecule has 0 radical (unpaired) electrons. The van der Waals surface area contributed by atoms with Crippen LogP contribution < -0.4 is 0 Å². The molecule has 0 amide bonds. The fraction of sp³-hybridized carbons (Fsp3) is 0.478. The molecule has 8 nitrogen and oxygen atoms in total. The zero-order chi connectivity index (χ0) is 27.9. The molecule has 1 fully saturated rings. The molecule has 0 bridgehead atoms. The van der Waals surface area contributed by atoms with Crippen LogP contribution in [-0.4, -0.2) is 70.5 Å². The summed E-state index contributed by atoms with van der Waals surface area (Å²) in [5.74, 6) is -0.568. The number of aromatic nitrogens is 4. The van der Waals surface area contributed by atoms with E-state index in [1.165, 1.54) is 29.2 Å². The second kappa shape index (κ2) is 10.2. The van der Waals surface area contributed by atoms with Crippen molar-refractivity contribution in [1.29, 1.82) is 0 Å². The van der Waals surface area contributed by atoms with Crippen LogP contribution in [0.25, 0.3) is 17.1 Å². The van der Waals surface area contributed by atoms with Crippen molar-refractivity contribution in [2.75, 3.05) is 25.9 Å². The highest BCUT2D eigenvalue weighted by Gasteiger charge is 2.35. The summed E-state index contributed by atoms with van der Waals surface area (Å²) in [5.41, 5.74) is -0.219. The smallest absolute Gasteiger partial charge is 0.435 e. The molecule has 1 saturated heterocycles. The number of piperidine rings is 1. The number of rotatable bonds is 7. The number of sulfone groups is 1. The van der Waals surface area contributed by atoms with E-state index in [0.717, 1.165) is 10.9 Å². The Morgan fingerprint density at radius 1 is 1.08 bits per heavy atom. The lowest BCUT2D eigenvalue weighted by atomic mass is 9.90. The first-order valence-electron chi connectivity index (χ1n) is 11.7. The molecule has 0 aliphatic carbocycles.